The number of esters is 1. The summed E-state index contributed by atoms with van der Waals surface area (Å²) in [5.41, 5.74) is 4.29. The summed E-state index contributed by atoms with van der Waals surface area (Å²) in [5, 5.41) is 18.7. The van der Waals surface area contributed by atoms with Gasteiger partial charge in [0.2, 0.25) is 0 Å². The van der Waals surface area contributed by atoms with Gasteiger partial charge in [-0.05, 0) is 5.56 Å². The van der Waals surface area contributed by atoms with Gasteiger partial charge >= 0.3 is 5.97 Å². The maximum absolute atomic E-state index is 11.2. The predicted molar refractivity (Wildman–Crippen MR) is 55.9 cm³/mol. The molecule has 84 valence electrons. The van der Waals surface area contributed by atoms with Crippen molar-refractivity contribution in [3.63, 3.8) is 0 Å². The van der Waals surface area contributed by atoms with Gasteiger partial charge in [-0.3, -0.25) is 0 Å². The molecule has 3 N–H and O–H groups in total. The van der Waals surface area contributed by atoms with Crippen LogP contribution in [0.5, 0.6) is 0 Å². The number of hydrogen-bond acceptors (Lipinski definition) is 5. The van der Waals surface area contributed by atoms with Crippen LogP contribution in [0.2, 0.25) is 0 Å². The number of nitrogens with zero attached hydrogens (tertiary/aromatic N) is 1. The Balaban J connectivity index is 3.14. The van der Waals surface area contributed by atoms with Gasteiger partial charge in [0.15, 0.2) is 11.6 Å². The van der Waals surface area contributed by atoms with Crippen LogP contribution >= 0.6 is 0 Å². The van der Waals surface area contributed by atoms with Crippen LogP contribution in [-0.4, -0.2) is 24.3 Å². The van der Waals surface area contributed by atoms with Crippen LogP contribution in [0.4, 0.5) is 0 Å². The number of carbonyl (C=O) groups excluding carboxylic acids is 1. The number of benzene rings is 1. The van der Waals surface area contributed by atoms with Crippen molar-refractivity contribution in [2.45, 2.75) is 11.6 Å². The minimum Gasteiger partial charge on any atom is -0.467 e. The first-order valence-electron chi connectivity index (χ1n) is 4.58. The van der Waals surface area contributed by atoms with Gasteiger partial charge in [0.1, 0.15) is 0 Å². The lowest BCUT2D eigenvalue weighted by Crippen LogP contribution is -2.51. The number of hydrogen-bond donors (Lipinski definition) is 2. The molecule has 0 fully saturated rings. The molecular formula is C11H12N2O3. The van der Waals surface area contributed by atoms with Crippen LogP contribution < -0.4 is 5.73 Å². The molecule has 5 nitrogen and oxygen atoms in total. The molecule has 2 unspecified atom stereocenters. The molecule has 0 spiro atoms. The van der Waals surface area contributed by atoms with Crippen LogP contribution in [-0.2, 0) is 15.1 Å². The second-order valence-electron chi connectivity index (χ2n) is 3.27. The Morgan fingerprint density at radius 3 is 2.56 bits per heavy atom. The molecule has 1 rings (SSSR count). The zero-order valence-corrected chi connectivity index (χ0v) is 8.75. The lowest BCUT2D eigenvalue weighted by atomic mass is 9.87. The van der Waals surface area contributed by atoms with Crippen molar-refractivity contribution in [3.05, 3.63) is 35.9 Å². The largest absolute Gasteiger partial charge is 0.467 e. The third kappa shape index (κ3) is 2.03. The number of aliphatic hydroxyl groups excluding tert-OH is 1. The van der Waals surface area contributed by atoms with Crippen molar-refractivity contribution in [1.82, 2.24) is 0 Å². The molecule has 0 amide bonds. The highest BCUT2D eigenvalue weighted by molar-refractivity contribution is 5.77. The van der Waals surface area contributed by atoms with E-state index >= 15 is 0 Å². The summed E-state index contributed by atoms with van der Waals surface area (Å²) in [7, 11) is 1.12. The van der Waals surface area contributed by atoms with Crippen LogP contribution in [0.15, 0.2) is 30.3 Å². The van der Waals surface area contributed by atoms with E-state index in [1.165, 1.54) is 0 Å². The summed E-state index contributed by atoms with van der Waals surface area (Å²) in [6, 6.07) is 9.94. The van der Waals surface area contributed by atoms with E-state index in [4.69, 9.17) is 11.0 Å². The van der Waals surface area contributed by atoms with E-state index in [0.717, 1.165) is 7.11 Å². The maximum Gasteiger partial charge on any atom is 0.338 e. The minimum atomic E-state index is -1.80. The third-order valence-electron chi connectivity index (χ3n) is 2.29. The summed E-state index contributed by atoms with van der Waals surface area (Å²) < 4.78 is 4.36. The summed E-state index contributed by atoms with van der Waals surface area (Å²) >= 11 is 0. The second kappa shape index (κ2) is 4.75. The summed E-state index contributed by atoms with van der Waals surface area (Å²) in [5.74, 6) is -0.937. The van der Waals surface area contributed by atoms with Gasteiger partial charge in [0.05, 0.1) is 13.2 Å². The molecule has 0 aromatic heterocycles. The molecule has 0 aliphatic carbocycles. The first-order chi connectivity index (χ1) is 7.56. The molecule has 0 aliphatic rings. The molecule has 1 aromatic rings. The van der Waals surface area contributed by atoms with Crippen molar-refractivity contribution in [2.24, 2.45) is 5.73 Å². The lowest BCUT2D eigenvalue weighted by Gasteiger charge is -2.25. The van der Waals surface area contributed by atoms with Gasteiger partial charge in [-0.15, -0.1) is 0 Å². The van der Waals surface area contributed by atoms with Crippen LogP contribution in [0, 0.1) is 11.3 Å². The highest BCUT2D eigenvalue weighted by Crippen LogP contribution is 2.22. The average molecular weight is 220 g/mol. The maximum atomic E-state index is 11.2. The highest BCUT2D eigenvalue weighted by atomic mass is 16.5. The number of carbonyl (C=O) groups is 1. The topological polar surface area (TPSA) is 96.3 Å². The number of ether oxygens (including phenoxy) is 1. The van der Waals surface area contributed by atoms with Gasteiger partial charge in [-0.1, -0.05) is 30.3 Å². The smallest absolute Gasteiger partial charge is 0.338 e. The molecule has 0 radical (unpaired) electrons. The highest BCUT2D eigenvalue weighted by Gasteiger charge is 2.41. The number of rotatable bonds is 3. The Bertz CT molecular complexity index is 413. The van der Waals surface area contributed by atoms with E-state index in [9.17, 15) is 9.90 Å². The van der Waals surface area contributed by atoms with Crippen molar-refractivity contribution < 1.29 is 14.6 Å². The van der Waals surface area contributed by atoms with Crippen molar-refractivity contribution in [3.8, 4) is 6.07 Å². The fraction of sp³-hybridized carbons (Fsp3) is 0.273. The lowest BCUT2D eigenvalue weighted by molar-refractivity contribution is -0.153. The third-order valence-corrected chi connectivity index (χ3v) is 2.29. The monoisotopic (exact) mass is 220 g/mol. The number of aliphatic hydroxyl groups is 1. The quantitative estimate of drug-likeness (QED) is 0.693. The Labute approximate surface area is 93.1 Å². The van der Waals surface area contributed by atoms with Crippen LogP contribution in [0.1, 0.15) is 5.56 Å². The molecule has 0 saturated carbocycles. The Kier molecular flexibility index (Phi) is 3.61. The van der Waals surface area contributed by atoms with Gasteiger partial charge < -0.3 is 15.6 Å². The Morgan fingerprint density at radius 2 is 2.12 bits per heavy atom. The molecular weight excluding hydrogens is 208 g/mol. The van der Waals surface area contributed by atoms with Crippen LogP contribution in [0.3, 0.4) is 0 Å². The Hall–Kier alpha value is -1.90. The van der Waals surface area contributed by atoms with E-state index in [0.29, 0.717) is 5.56 Å². The van der Waals surface area contributed by atoms with Crippen molar-refractivity contribution in [1.29, 1.82) is 5.26 Å². The molecule has 1 aromatic carbocycles. The summed E-state index contributed by atoms with van der Waals surface area (Å²) in [4.78, 5) is 11.2. The van der Waals surface area contributed by atoms with Gasteiger partial charge in [0.25, 0.3) is 0 Å². The second-order valence-corrected chi connectivity index (χ2v) is 3.27. The SMILES string of the molecule is COC(=O)C(O)C(N)(C#N)c1ccccc1. The molecule has 2 atom stereocenters. The zero-order chi connectivity index (χ0) is 12.2. The normalized spacial score (nSPS) is 15.6. The van der Waals surface area contributed by atoms with E-state index in [1.807, 2.05) is 0 Å². The van der Waals surface area contributed by atoms with E-state index in [2.05, 4.69) is 4.74 Å². The zero-order valence-electron chi connectivity index (χ0n) is 8.75. The average Bonchev–Trinajstić information content (AvgIpc) is 2.37. The predicted octanol–water partition coefficient (Wildman–Crippen LogP) is -0.102. The number of nitrogens with two attached hydrogens (primary N) is 1. The van der Waals surface area contributed by atoms with E-state index in [-0.39, 0.29) is 0 Å². The first-order valence-corrected chi connectivity index (χ1v) is 4.58. The number of nitriles is 1. The molecule has 0 saturated heterocycles. The fourth-order valence-electron chi connectivity index (χ4n) is 1.30. The molecule has 0 bridgehead atoms. The Morgan fingerprint density at radius 1 is 1.56 bits per heavy atom. The van der Waals surface area contributed by atoms with Gasteiger partial charge in [0, 0.05) is 0 Å². The first kappa shape index (κ1) is 12.2. The van der Waals surface area contributed by atoms with E-state index in [1.54, 1.807) is 36.4 Å². The molecule has 0 heterocycles. The molecule has 16 heavy (non-hydrogen) atoms. The van der Waals surface area contributed by atoms with Crippen molar-refractivity contribution >= 4 is 5.97 Å². The standard InChI is InChI=1S/C11H12N2O3/c1-16-10(15)9(14)11(13,7-12)8-5-3-2-4-6-8/h2-6,9,14H,13H2,1H3. The summed E-state index contributed by atoms with van der Waals surface area (Å²) in [6.45, 7) is 0. The minimum absolute atomic E-state index is 0.357. The van der Waals surface area contributed by atoms with Gasteiger partial charge in [-0.25, -0.2) is 4.79 Å². The molecule has 5 heteroatoms. The number of methoxy groups -OCH3 is 1. The van der Waals surface area contributed by atoms with E-state index < -0.39 is 17.6 Å². The van der Waals surface area contributed by atoms with Gasteiger partial charge in [-0.2, -0.15) is 5.26 Å². The van der Waals surface area contributed by atoms with Crippen LogP contribution in [0.25, 0.3) is 0 Å². The van der Waals surface area contributed by atoms with Crippen molar-refractivity contribution in [2.75, 3.05) is 7.11 Å². The molecule has 0 aliphatic heterocycles. The summed E-state index contributed by atoms with van der Waals surface area (Å²) in [6.07, 6.45) is -1.72. The fourth-order valence-corrected chi connectivity index (χ4v) is 1.30.